The molecule has 0 aliphatic heterocycles. The van der Waals surface area contributed by atoms with Crippen molar-refractivity contribution in [2.75, 3.05) is 7.11 Å². The molecule has 1 atom stereocenters. The first-order valence-corrected chi connectivity index (χ1v) is 5.15. The zero-order valence-electron chi connectivity index (χ0n) is 9.40. The normalized spacial score (nSPS) is 12.4. The molecule has 4 nitrogen and oxygen atoms in total. The number of nitrogens with two attached hydrogens (primary N) is 1. The van der Waals surface area contributed by atoms with Crippen molar-refractivity contribution in [1.82, 2.24) is 9.97 Å². The number of hydrogen-bond donors (Lipinski definition) is 2. The smallest absolute Gasteiger partial charge is 0.123 e. The maximum atomic E-state index is 5.74. The van der Waals surface area contributed by atoms with Crippen LogP contribution in [0.25, 0.3) is 11.3 Å². The van der Waals surface area contributed by atoms with Crippen LogP contribution >= 0.6 is 0 Å². The molecule has 0 fully saturated rings. The maximum Gasteiger partial charge on any atom is 0.123 e. The van der Waals surface area contributed by atoms with Crippen molar-refractivity contribution in [2.24, 2.45) is 5.73 Å². The van der Waals surface area contributed by atoms with Crippen LogP contribution in [-0.4, -0.2) is 17.1 Å². The van der Waals surface area contributed by atoms with Crippen LogP contribution in [0.1, 0.15) is 18.8 Å². The highest BCUT2D eigenvalue weighted by Crippen LogP contribution is 2.21. The summed E-state index contributed by atoms with van der Waals surface area (Å²) in [5.74, 6) is 1.64. The number of methoxy groups -OCH3 is 1. The van der Waals surface area contributed by atoms with Gasteiger partial charge in [0.2, 0.25) is 0 Å². The Morgan fingerprint density at radius 3 is 2.50 bits per heavy atom. The van der Waals surface area contributed by atoms with E-state index in [4.69, 9.17) is 10.5 Å². The van der Waals surface area contributed by atoms with Crippen LogP contribution in [0, 0.1) is 0 Å². The van der Waals surface area contributed by atoms with Gasteiger partial charge in [-0.3, -0.25) is 0 Å². The van der Waals surface area contributed by atoms with E-state index in [0.717, 1.165) is 22.8 Å². The average Bonchev–Trinajstić information content (AvgIpc) is 2.78. The Bertz CT molecular complexity index is 459. The molecule has 1 aromatic carbocycles. The lowest BCUT2D eigenvalue weighted by Gasteiger charge is -2.02. The van der Waals surface area contributed by atoms with E-state index >= 15 is 0 Å². The number of ether oxygens (including phenoxy) is 1. The maximum absolute atomic E-state index is 5.74. The molecule has 0 bridgehead atoms. The Morgan fingerprint density at radius 1 is 1.31 bits per heavy atom. The summed E-state index contributed by atoms with van der Waals surface area (Å²) in [6, 6.07) is 7.73. The number of benzene rings is 1. The molecule has 3 N–H and O–H groups in total. The number of rotatable bonds is 3. The molecule has 2 aromatic rings. The van der Waals surface area contributed by atoms with Gasteiger partial charge in [0.15, 0.2) is 0 Å². The summed E-state index contributed by atoms with van der Waals surface area (Å²) in [6.07, 6.45) is 1.79. The molecule has 0 amide bonds. The highest BCUT2D eigenvalue weighted by Gasteiger charge is 2.06. The molecule has 0 spiro atoms. The predicted octanol–water partition coefficient (Wildman–Crippen LogP) is 2.10. The third-order valence-corrected chi connectivity index (χ3v) is 2.43. The highest BCUT2D eigenvalue weighted by atomic mass is 16.5. The van der Waals surface area contributed by atoms with E-state index in [1.54, 1.807) is 13.3 Å². The fourth-order valence-electron chi connectivity index (χ4n) is 1.49. The molecule has 4 heteroatoms. The number of H-pyrrole nitrogens is 1. The minimum absolute atomic E-state index is 0.0769. The van der Waals surface area contributed by atoms with Crippen molar-refractivity contribution in [2.45, 2.75) is 13.0 Å². The van der Waals surface area contributed by atoms with Gasteiger partial charge in [0, 0.05) is 0 Å². The van der Waals surface area contributed by atoms with Gasteiger partial charge >= 0.3 is 0 Å². The summed E-state index contributed by atoms with van der Waals surface area (Å²) >= 11 is 0. The second-order valence-electron chi connectivity index (χ2n) is 3.70. The lowest BCUT2D eigenvalue weighted by Crippen LogP contribution is -2.06. The molecule has 16 heavy (non-hydrogen) atoms. The Hall–Kier alpha value is -1.81. The Balaban J connectivity index is 2.28. The molecule has 0 aliphatic rings. The van der Waals surface area contributed by atoms with E-state index in [2.05, 4.69) is 9.97 Å². The molecule has 1 unspecified atom stereocenters. The van der Waals surface area contributed by atoms with Gasteiger partial charge in [0.25, 0.3) is 0 Å². The van der Waals surface area contributed by atoms with Crippen LogP contribution in [0.4, 0.5) is 0 Å². The molecule has 0 saturated carbocycles. The summed E-state index contributed by atoms with van der Waals surface area (Å²) in [4.78, 5) is 7.41. The highest BCUT2D eigenvalue weighted by molar-refractivity contribution is 5.59. The van der Waals surface area contributed by atoms with E-state index in [9.17, 15) is 0 Å². The van der Waals surface area contributed by atoms with Crippen LogP contribution < -0.4 is 10.5 Å². The molecular formula is C12H15N3O. The van der Waals surface area contributed by atoms with Crippen LogP contribution in [0.2, 0.25) is 0 Å². The Kier molecular flexibility index (Phi) is 2.92. The van der Waals surface area contributed by atoms with Gasteiger partial charge in [-0.15, -0.1) is 0 Å². The van der Waals surface area contributed by atoms with Crippen LogP contribution in [-0.2, 0) is 0 Å². The van der Waals surface area contributed by atoms with Gasteiger partial charge in [0.05, 0.1) is 25.0 Å². The molecular weight excluding hydrogens is 202 g/mol. The van der Waals surface area contributed by atoms with E-state index < -0.39 is 0 Å². The van der Waals surface area contributed by atoms with Crippen LogP contribution in [0.15, 0.2) is 30.5 Å². The fourth-order valence-corrected chi connectivity index (χ4v) is 1.49. The first-order chi connectivity index (χ1) is 7.70. The topological polar surface area (TPSA) is 63.9 Å². The predicted molar refractivity (Wildman–Crippen MR) is 63.2 cm³/mol. The molecule has 2 rings (SSSR count). The molecule has 1 heterocycles. The average molecular weight is 217 g/mol. The fraction of sp³-hybridized carbons (Fsp3) is 0.250. The van der Waals surface area contributed by atoms with Gasteiger partial charge in [-0.25, -0.2) is 4.98 Å². The van der Waals surface area contributed by atoms with Crippen LogP contribution in [0.3, 0.4) is 0 Å². The second-order valence-corrected chi connectivity index (χ2v) is 3.70. The minimum atomic E-state index is -0.0769. The van der Waals surface area contributed by atoms with E-state index in [1.165, 1.54) is 0 Å². The van der Waals surface area contributed by atoms with Crippen LogP contribution in [0.5, 0.6) is 5.75 Å². The summed E-state index contributed by atoms with van der Waals surface area (Å²) in [6.45, 7) is 1.90. The third-order valence-electron chi connectivity index (χ3n) is 2.43. The minimum Gasteiger partial charge on any atom is -0.497 e. The summed E-state index contributed by atoms with van der Waals surface area (Å²) in [5, 5.41) is 0. The lowest BCUT2D eigenvalue weighted by atomic mass is 10.2. The lowest BCUT2D eigenvalue weighted by molar-refractivity contribution is 0.415. The summed E-state index contributed by atoms with van der Waals surface area (Å²) in [5.41, 5.74) is 7.77. The van der Waals surface area contributed by atoms with Crippen molar-refractivity contribution >= 4 is 0 Å². The van der Waals surface area contributed by atoms with Crippen molar-refractivity contribution in [3.63, 3.8) is 0 Å². The van der Waals surface area contributed by atoms with Crippen molar-refractivity contribution < 1.29 is 4.74 Å². The van der Waals surface area contributed by atoms with E-state index in [-0.39, 0.29) is 6.04 Å². The number of nitrogens with zero attached hydrogens (tertiary/aromatic N) is 1. The monoisotopic (exact) mass is 217 g/mol. The van der Waals surface area contributed by atoms with Gasteiger partial charge in [-0.05, 0) is 36.8 Å². The third kappa shape index (κ3) is 2.06. The van der Waals surface area contributed by atoms with Crippen molar-refractivity contribution in [1.29, 1.82) is 0 Å². The summed E-state index contributed by atoms with van der Waals surface area (Å²) < 4.78 is 5.10. The first kappa shape index (κ1) is 10.7. The zero-order chi connectivity index (χ0) is 11.5. The first-order valence-electron chi connectivity index (χ1n) is 5.15. The van der Waals surface area contributed by atoms with E-state index in [0.29, 0.717) is 0 Å². The number of aromatic amines is 1. The zero-order valence-corrected chi connectivity index (χ0v) is 9.40. The molecule has 84 valence electrons. The second kappa shape index (κ2) is 4.37. The SMILES string of the molecule is COc1ccc(-c2cnc(C(C)N)[nH]2)cc1. The van der Waals surface area contributed by atoms with E-state index in [1.807, 2.05) is 31.2 Å². The quantitative estimate of drug-likeness (QED) is 0.827. The number of hydrogen-bond acceptors (Lipinski definition) is 3. The van der Waals surface area contributed by atoms with Gasteiger partial charge < -0.3 is 15.5 Å². The Labute approximate surface area is 94.5 Å². The van der Waals surface area contributed by atoms with Gasteiger partial charge in [-0.1, -0.05) is 0 Å². The Morgan fingerprint density at radius 2 is 2.00 bits per heavy atom. The van der Waals surface area contributed by atoms with Gasteiger partial charge in [-0.2, -0.15) is 0 Å². The largest absolute Gasteiger partial charge is 0.497 e. The number of nitrogens with one attached hydrogen (secondary N) is 1. The summed E-state index contributed by atoms with van der Waals surface area (Å²) in [7, 11) is 1.65. The molecule has 0 saturated heterocycles. The van der Waals surface area contributed by atoms with Crippen molar-refractivity contribution in [3.05, 3.63) is 36.3 Å². The molecule has 0 radical (unpaired) electrons. The number of imidazole rings is 1. The van der Waals surface area contributed by atoms with Crippen molar-refractivity contribution in [3.8, 4) is 17.0 Å². The molecule has 1 aromatic heterocycles. The number of aromatic nitrogens is 2. The molecule has 0 aliphatic carbocycles. The standard InChI is InChI=1S/C12H15N3O/c1-8(13)12-14-7-11(15-12)9-3-5-10(16-2)6-4-9/h3-8H,13H2,1-2H3,(H,14,15). The van der Waals surface area contributed by atoms with Gasteiger partial charge in [0.1, 0.15) is 11.6 Å².